The number of hydrogen-bond acceptors (Lipinski definition) is 5. The number of furan rings is 1. The lowest BCUT2D eigenvalue weighted by Gasteiger charge is -2.24. The fourth-order valence-corrected chi connectivity index (χ4v) is 1.72. The molecule has 5 nitrogen and oxygen atoms in total. The van der Waals surface area contributed by atoms with Gasteiger partial charge in [-0.15, -0.1) is 0 Å². The first kappa shape index (κ1) is 12.0. The highest BCUT2D eigenvalue weighted by atomic mass is 16.4. The maximum absolute atomic E-state index is 10.3. The second-order valence-corrected chi connectivity index (χ2v) is 4.55. The molecule has 1 aliphatic heterocycles. The predicted octanol–water partition coefficient (Wildman–Crippen LogP) is 0.734. The topological polar surface area (TPSA) is 69.8 Å². The number of nitrogens with one attached hydrogen (secondary N) is 2. The van der Waals surface area contributed by atoms with Crippen molar-refractivity contribution in [2.75, 3.05) is 19.6 Å². The Balaban J connectivity index is 1.95. The summed E-state index contributed by atoms with van der Waals surface area (Å²) in [4.78, 5) is 4.28. The van der Waals surface area contributed by atoms with Crippen LogP contribution >= 0.6 is 0 Å². The van der Waals surface area contributed by atoms with Crippen LogP contribution in [-0.2, 0) is 5.60 Å². The molecule has 1 aliphatic rings. The minimum atomic E-state index is -1.03. The van der Waals surface area contributed by atoms with Crippen LogP contribution < -0.4 is 10.6 Å². The predicted molar refractivity (Wildman–Crippen MR) is 65.9 cm³/mol. The van der Waals surface area contributed by atoms with Crippen molar-refractivity contribution in [2.45, 2.75) is 25.9 Å². The summed E-state index contributed by atoms with van der Waals surface area (Å²) in [7, 11) is 0. The Bertz CT molecular complexity index is 410. The van der Waals surface area contributed by atoms with E-state index in [1.807, 2.05) is 13.0 Å². The number of rotatable bonds is 3. The Hall–Kier alpha value is -1.49. The molecule has 1 atom stereocenters. The molecule has 2 heterocycles. The van der Waals surface area contributed by atoms with Crippen molar-refractivity contribution in [1.82, 2.24) is 10.6 Å². The Morgan fingerprint density at radius 3 is 3.00 bits per heavy atom. The van der Waals surface area contributed by atoms with E-state index in [0.29, 0.717) is 12.3 Å². The molecule has 0 amide bonds. The second-order valence-electron chi connectivity index (χ2n) is 4.55. The van der Waals surface area contributed by atoms with Crippen molar-refractivity contribution >= 4 is 5.96 Å². The molecule has 1 aromatic heterocycles. The van der Waals surface area contributed by atoms with Gasteiger partial charge in [0.15, 0.2) is 5.96 Å². The van der Waals surface area contributed by atoms with Gasteiger partial charge < -0.3 is 20.2 Å². The molecule has 0 radical (unpaired) electrons. The molecule has 0 saturated carbocycles. The second kappa shape index (κ2) is 4.79. The van der Waals surface area contributed by atoms with E-state index in [2.05, 4.69) is 15.6 Å². The van der Waals surface area contributed by atoms with Gasteiger partial charge in [-0.2, -0.15) is 0 Å². The molecule has 0 fully saturated rings. The van der Waals surface area contributed by atoms with E-state index in [4.69, 9.17) is 4.42 Å². The fourth-order valence-electron chi connectivity index (χ4n) is 1.72. The molecule has 0 saturated heterocycles. The SMILES string of the molecule is Cc1ccc(C(C)(O)CNC2=NCCCN2)o1. The molecule has 94 valence electrons. The summed E-state index contributed by atoms with van der Waals surface area (Å²) in [5.41, 5.74) is -1.03. The van der Waals surface area contributed by atoms with Crippen LogP contribution in [0.2, 0.25) is 0 Å². The van der Waals surface area contributed by atoms with Crippen molar-refractivity contribution in [2.24, 2.45) is 4.99 Å². The Kier molecular flexibility index (Phi) is 3.38. The van der Waals surface area contributed by atoms with E-state index >= 15 is 0 Å². The van der Waals surface area contributed by atoms with Crippen LogP contribution in [-0.4, -0.2) is 30.7 Å². The zero-order chi connectivity index (χ0) is 12.3. The van der Waals surface area contributed by atoms with Gasteiger partial charge in [0.25, 0.3) is 0 Å². The largest absolute Gasteiger partial charge is 0.463 e. The van der Waals surface area contributed by atoms with Gasteiger partial charge in [-0.05, 0) is 32.4 Å². The lowest BCUT2D eigenvalue weighted by Crippen LogP contribution is -2.46. The van der Waals surface area contributed by atoms with E-state index < -0.39 is 5.60 Å². The third-order valence-corrected chi connectivity index (χ3v) is 2.77. The van der Waals surface area contributed by atoms with Crippen LogP contribution in [0.15, 0.2) is 21.5 Å². The van der Waals surface area contributed by atoms with Crippen molar-refractivity contribution in [3.05, 3.63) is 23.7 Å². The lowest BCUT2D eigenvalue weighted by atomic mass is 10.0. The lowest BCUT2D eigenvalue weighted by molar-refractivity contribution is 0.0377. The molecule has 2 rings (SSSR count). The van der Waals surface area contributed by atoms with E-state index in [0.717, 1.165) is 31.2 Å². The first-order valence-corrected chi connectivity index (χ1v) is 5.89. The minimum Gasteiger partial charge on any atom is -0.463 e. The van der Waals surface area contributed by atoms with Crippen LogP contribution in [0.3, 0.4) is 0 Å². The number of guanidine groups is 1. The maximum Gasteiger partial charge on any atom is 0.191 e. The van der Waals surface area contributed by atoms with Crippen LogP contribution in [0, 0.1) is 6.92 Å². The summed E-state index contributed by atoms with van der Waals surface area (Å²) in [6, 6.07) is 3.65. The average molecular weight is 237 g/mol. The summed E-state index contributed by atoms with van der Waals surface area (Å²) in [6.45, 7) is 5.71. The summed E-state index contributed by atoms with van der Waals surface area (Å²) in [5.74, 6) is 2.12. The molecular formula is C12H19N3O2. The zero-order valence-electron chi connectivity index (χ0n) is 10.3. The van der Waals surface area contributed by atoms with Gasteiger partial charge in [-0.1, -0.05) is 0 Å². The van der Waals surface area contributed by atoms with E-state index in [1.54, 1.807) is 13.0 Å². The van der Waals surface area contributed by atoms with Gasteiger partial charge in [0, 0.05) is 13.1 Å². The number of aryl methyl sites for hydroxylation is 1. The normalized spacial score (nSPS) is 19.1. The van der Waals surface area contributed by atoms with Gasteiger partial charge in [-0.25, -0.2) is 0 Å². The van der Waals surface area contributed by atoms with Crippen molar-refractivity contribution in [1.29, 1.82) is 0 Å². The maximum atomic E-state index is 10.3. The van der Waals surface area contributed by atoms with Gasteiger partial charge in [0.05, 0.1) is 6.54 Å². The number of aliphatic hydroxyl groups is 1. The first-order chi connectivity index (χ1) is 8.08. The highest BCUT2D eigenvalue weighted by Crippen LogP contribution is 2.21. The quantitative estimate of drug-likeness (QED) is 0.725. The first-order valence-electron chi connectivity index (χ1n) is 5.89. The highest BCUT2D eigenvalue weighted by Gasteiger charge is 2.27. The Morgan fingerprint density at radius 1 is 1.59 bits per heavy atom. The van der Waals surface area contributed by atoms with Gasteiger partial charge in [-0.3, -0.25) is 4.99 Å². The molecule has 1 aromatic rings. The molecule has 17 heavy (non-hydrogen) atoms. The van der Waals surface area contributed by atoms with Crippen LogP contribution in [0.5, 0.6) is 0 Å². The van der Waals surface area contributed by atoms with Gasteiger partial charge in [0.1, 0.15) is 17.1 Å². The fraction of sp³-hybridized carbons (Fsp3) is 0.583. The summed E-state index contributed by atoms with van der Waals surface area (Å²) >= 11 is 0. The molecule has 0 bridgehead atoms. The summed E-state index contributed by atoms with van der Waals surface area (Å²) in [5, 5.41) is 16.5. The van der Waals surface area contributed by atoms with Crippen molar-refractivity contribution < 1.29 is 9.52 Å². The van der Waals surface area contributed by atoms with Gasteiger partial charge >= 0.3 is 0 Å². The standard InChI is InChI=1S/C12H19N3O2/c1-9-4-5-10(17-9)12(2,16)8-15-11-13-6-3-7-14-11/h4-5,16H,3,6-8H2,1-2H3,(H2,13,14,15). The Morgan fingerprint density at radius 2 is 2.41 bits per heavy atom. The van der Waals surface area contributed by atoms with E-state index in [-0.39, 0.29) is 0 Å². The molecule has 0 aromatic carbocycles. The molecule has 3 N–H and O–H groups in total. The Labute approximate surface area is 101 Å². The molecule has 0 aliphatic carbocycles. The molecule has 0 spiro atoms. The summed E-state index contributed by atoms with van der Waals surface area (Å²) < 4.78 is 5.44. The zero-order valence-corrected chi connectivity index (χ0v) is 10.3. The van der Waals surface area contributed by atoms with Crippen LogP contribution in [0.25, 0.3) is 0 Å². The molecule has 5 heteroatoms. The van der Waals surface area contributed by atoms with E-state index in [9.17, 15) is 5.11 Å². The number of nitrogens with zero attached hydrogens (tertiary/aromatic N) is 1. The average Bonchev–Trinajstić information content (AvgIpc) is 2.76. The highest BCUT2D eigenvalue weighted by molar-refractivity contribution is 5.80. The smallest absolute Gasteiger partial charge is 0.191 e. The summed E-state index contributed by atoms with van der Waals surface area (Å²) in [6.07, 6.45) is 1.05. The monoisotopic (exact) mass is 237 g/mol. The van der Waals surface area contributed by atoms with Crippen molar-refractivity contribution in [3.63, 3.8) is 0 Å². The van der Waals surface area contributed by atoms with Crippen LogP contribution in [0.1, 0.15) is 24.9 Å². The van der Waals surface area contributed by atoms with Gasteiger partial charge in [0.2, 0.25) is 0 Å². The minimum absolute atomic E-state index is 0.367. The number of hydrogen-bond donors (Lipinski definition) is 3. The third kappa shape index (κ3) is 3.00. The number of aliphatic imine (C=N–C) groups is 1. The van der Waals surface area contributed by atoms with Crippen molar-refractivity contribution in [3.8, 4) is 0 Å². The molecule has 1 unspecified atom stereocenters. The molecular weight excluding hydrogens is 218 g/mol. The third-order valence-electron chi connectivity index (χ3n) is 2.77. The van der Waals surface area contributed by atoms with E-state index in [1.165, 1.54) is 0 Å². The van der Waals surface area contributed by atoms with Crippen LogP contribution in [0.4, 0.5) is 0 Å².